The van der Waals surface area contributed by atoms with Gasteiger partial charge in [-0.1, -0.05) is 11.6 Å². The topological polar surface area (TPSA) is 56.7 Å². The summed E-state index contributed by atoms with van der Waals surface area (Å²) >= 11 is 7.57. The number of halogens is 1. The van der Waals surface area contributed by atoms with Crippen molar-refractivity contribution in [2.45, 2.75) is 30.5 Å². The normalized spacial score (nSPS) is 11.1. The Morgan fingerprint density at radius 1 is 1.44 bits per heavy atom. The first kappa shape index (κ1) is 13.2. The Labute approximate surface area is 116 Å². The van der Waals surface area contributed by atoms with Crippen LogP contribution in [0.2, 0.25) is 5.02 Å². The van der Waals surface area contributed by atoms with Crippen LogP contribution in [0.15, 0.2) is 29.4 Å². The number of anilines is 1. The molecular formula is C12H15ClN4S. The number of nitrogens with zero attached hydrogens (tertiary/aromatic N) is 3. The van der Waals surface area contributed by atoms with Gasteiger partial charge in [0.1, 0.15) is 12.2 Å². The van der Waals surface area contributed by atoms with Crippen molar-refractivity contribution in [3.05, 3.63) is 35.4 Å². The van der Waals surface area contributed by atoms with Gasteiger partial charge in [-0.05, 0) is 32.0 Å². The molecule has 0 saturated carbocycles. The largest absolute Gasteiger partial charge is 0.398 e. The van der Waals surface area contributed by atoms with Gasteiger partial charge < -0.3 is 5.73 Å². The van der Waals surface area contributed by atoms with E-state index < -0.39 is 0 Å². The van der Waals surface area contributed by atoms with Gasteiger partial charge in [-0.25, -0.2) is 9.67 Å². The van der Waals surface area contributed by atoms with E-state index in [4.69, 9.17) is 17.3 Å². The molecule has 0 amide bonds. The van der Waals surface area contributed by atoms with E-state index in [2.05, 4.69) is 23.9 Å². The van der Waals surface area contributed by atoms with Gasteiger partial charge >= 0.3 is 0 Å². The van der Waals surface area contributed by atoms with Crippen molar-refractivity contribution in [1.82, 2.24) is 14.8 Å². The fourth-order valence-corrected chi connectivity index (χ4v) is 2.76. The first-order valence-electron chi connectivity index (χ1n) is 5.64. The molecule has 1 aromatic heterocycles. The van der Waals surface area contributed by atoms with E-state index in [1.54, 1.807) is 24.2 Å². The van der Waals surface area contributed by atoms with E-state index in [0.29, 0.717) is 11.1 Å². The zero-order valence-electron chi connectivity index (χ0n) is 10.3. The minimum atomic E-state index is 0.305. The SMILES string of the molecule is CC(C)n1ncnc1CSc1cc(Cl)ccc1N. The van der Waals surface area contributed by atoms with Crippen LogP contribution in [0.5, 0.6) is 0 Å². The molecule has 0 aliphatic carbocycles. The van der Waals surface area contributed by atoms with Crippen molar-refractivity contribution in [3.8, 4) is 0 Å². The van der Waals surface area contributed by atoms with Crippen LogP contribution in [-0.4, -0.2) is 14.8 Å². The van der Waals surface area contributed by atoms with Crippen molar-refractivity contribution in [1.29, 1.82) is 0 Å². The zero-order chi connectivity index (χ0) is 13.1. The van der Waals surface area contributed by atoms with Crippen LogP contribution < -0.4 is 5.73 Å². The quantitative estimate of drug-likeness (QED) is 0.690. The van der Waals surface area contributed by atoms with E-state index in [-0.39, 0.29) is 0 Å². The lowest BCUT2D eigenvalue weighted by Gasteiger charge is -2.10. The van der Waals surface area contributed by atoms with Crippen LogP contribution >= 0.6 is 23.4 Å². The number of thioether (sulfide) groups is 1. The van der Waals surface area contributed by atoms with E-state index in [1.807, 2.05) is 16.8 Å². The molecule has 96 valence electrons. The molecule has 0 bridgehead atoms. The number of nitrogens with two attached hydrogens (primary N) is 1. The number of rotatable bonds is 4. The minimum absolute atomic E-state index is 0.305. The van der Waals surface area contributed by atoms with Crippen LogP contribution in [-0.2, 0) is 5.75 Å². The van der Waals surface area contributed by atoms with E-state index in [9.17, 15) is 0 Å². The molecule has 1 heterocycles. The van der Waals surface area contributed by atoms with Crippen LogP contribution in [0.1, 0.15) is 25.7 Å². The molecule has 1 aromatic carbocycles. The summed E-state index contributed by atoms with van der Waals surface area (Å²) in [4.78, 5) is 5.23. The van der Waals surface area contributed by atoms with Gasteiger partial charge in [-0.15, -0.1) is 11.8 Å². The number of nitrogen functional groups attached to an aromatic ring is 1. The van der Waals surface area contributed by atoms with Crippen LogP contribution in [0.3, 0.4) is 0 Å². The molecule has 6 heteroatoms. The van der Waals surface area contributed by atoms with Crippen LogP contribution in [0, 0.1) is 0 Å². The monoisotopic (exact) mass is 282 g/mol. The third kappa shape index (κ3) is 2.97. The van der Waals surface area contributed by atoms with Crippen molar-refractivity contribution in [2.24, 2.45) is 0 Å². The Balaban J connectivity index is 2.11. The van der Waals surface area contributed by atoms with Gasteiger partial charge in [0.2, 0.25) is 0 Å². The number of aromatic nitrogens is 3. The maximum absolute atomic E-state index is 5.96. The summed E-state index contributed by atoms with van der Waals surface area (Å²) in [6.07, 6.45) is 1.58. The molecule has 4 nitrogen and oxygen atoms in total. The second-order valence-electron chi connectivity index (χ2n) is 4.19. The molecule has 2 rings (SSSR count). The van der Waals surface area contributed by atoms with Crippen molar-refractivity contribution in [2.75, 3.05) is 5.73 Å². The molecule has 2 N–H and O–H groups in total. The molecule has 18 heavy (non-hydrogen) atoms. The Morgan fingerprint density at radius 3 is 2.94 bits per heavy atom. The van der Waals surface area contributed by atoms with Crippen molar-refractivity contribution < 1.29 is 0 Å². The van der Waals surface area contributed by atoms with E-state index in [0.717, 1.165) is 22.2 Å². The minimum Gasteiger partial charge on any atom is -0.398 e. The third-order valence-corrected chi connectivity index (χ3v) is 3.77. The maximum atomic E-state index is 5.96. The molecule has 2 aromatic rings. The van der Waals surface area contributed by atoms with Crippen molar-refractivity contribution in [3.63, 3.8) is 0 Å². The van der Waals surface area contributed by atoms with Gasteiger partial charge in [0.25, 0.3) is 0 Å². The molecule has 0 spiro atoms. The third-order valence-electron chi connectivity index (χ3n) is 2.47. The summed E-state index contributed by atoms with van der Waals surface area (Å²) in [5, 5.41) is 4.89. The standard InChI is InChI=1S/C12H15ClN4S/c1-8(2)17-12(15-7-16-17)6-18-11-5-9(13)3-4-10(11)14/h3-5,7-8H,6,14H2,1-2H3. The van der Waals surface area contributed by atoms with E-state index >= 15 is 0 Å². The second-order valence-corrected chi connectivity index (χ2v) is 5.64. The highest BCUT2D eigenvalue weighted by atomic mass is 35.5. The first-order valence-corrected chi connectivity index (χ1v) is 7.00. The van der Waals surface area contributed by atoms with Gasteiger partial charge in [0.15, 0.2) is 0 Å². The fourth-order valence-electron chi connectivity index (χ4n) is 1.58. The Bertz CT molecular complexity index is 539. The zero-order valence-corrected chi connectivity index (χ0v) is 11.9. The molecule has 0 aliphatic rings. The highest BCUT2D eigenvalue weighted by Gasteiger charge is 2.09. The van der Waals surface area contributed by atoms with Crippen LogP contribution in [0.25, 0.3) is 0 Å². The van der Waals surface area contributed by atoms with Crippen molar-refractivity contribution >= 4 is 29.1 Å². The Kier molecular flexibility index (Phi) is 4.14. The molecule has 0 saturated heterocycles. The summed E-state index contributed by atoms with van der Waals surface area (Å²) in [5.74, 6) is 1.66. The highest BCUT2D eigenvalue weighted by Crippen LogP contribution is 2.30. The lowest BCUT2D eigenvalue weighted by molar-refractivity contribution is 0.514. The summed E-state index contributed by atoms with van der Waals surface area (Å²) in [6.45, 7) is 4.16. The van der Waals surface area contributed by atoms with Gasteiger partial charge in [-0.2, -0.15) is 5.10 Å². The molecule has 0 aliphatic heterocycles. The molecule has 0 radical (unpaired) electrons. The van der Waals surface area contributed by atoms with E-state index in [1.165, 1.54) is 0 Å². The summed E-state index contributed by atoms with van der Waals surface area (Å²) in [6, 6.07) is 5.78. The highest BCUT2D eigenvalue weighted by molar-refractivity contribution is 7.98. The fraction of sp³-hybridized carbons (Fsp3) is 0.333. The number of benzene rings is 1. The average molecular weight is 283 g/mol. The van der Waals surface area contributed by atoms with Gasteiger partial charge in [-0.3, -0.25) is 0 Å². The second kappa shape index (κ2) is 5.63. The first-order chi connectivity index (χ1) is 8.58. The predicted molar refractivity (Wildman–Crippen MR) is 75.8 cm³/mol. The predicted octanol–water partition coefficient (Wildman–Crippen LogP) is 3.39. The molecule has 0 fully saturated rings. The smallest absolute Gasteiger partial charge is 0.138 e. The van der Waals surface area contributed by atoms with Gasteiger partial charge in [0, 0.05) is 21.6 Å². The molecular weight excluding hydrogens is 268 g/mol. The maximum Gasteiger partial charge on any atom is 0.138 e. The summed E-state index contributed by atoms with van der Waals surface area (Å²) in [7, 11) is 0. The van der Waals surface area contributed by atoms with Gasteiger partial charge in [0.05, 0.1) is 5.75 Å². The lowest BCUT2D eigenvalue weighted by atomic mass is 10.3. The Morgan fingerprint density at radius 2 is 2.22 bits per heavy atom. The Hall–Kier alpha value is -1.20. The number of hydrogen-bond acceptors (Lipinski definition) is 4. The van der Waals surface area contributed by atoms with Crippen LogP contribution in [0.4, 0.5) is 5.69 Å². The number of hydrogen-bond donors (Lipinski definition) is 1. The molecule has 0 atom stereocenters. The summed E-state index contributed by atoms with van der Waals surface area (Å²) in [5.41, 5.74) is 6.64. The summed E-state index contributed by atoms with van der Waals surface area (Å²) < 4.78 is 1.91. The lowest BCUT2D eigenvalue weighted by Crippen LogP contribution is -2.07. The average Bonchev–Trinajstić information content (AvgIpc) is 2.79. The molecule has 0 unspecified atom stereocenters.